The fourth-order valence-corrected chi connectivity index (χ4v) is 4.97. The standard InChI is InChI=1S/C26H21BrN4O5/c1-14-21(30-9-4-3-7-19(30)29-14)24(33)20-22(16-10-17(27)23(32)18(11-16)36-2)31(26(35)25(20)34)13-15-6-5-8-28-12-15/h3-12,22,32-33H,13H2,1-2H3. The van der Waals surface area contributed by atoms with Gasteiger partial charge >= 0.3 is 0 Å². The van der Waals surface area contributed by atoms with Crippen molar-refractivity contribution < 1.29 is 24.5 Å². The van der Waals surface area contributed by atoms with E-state index in [0.717, 1.165) is 0 Å². The Morgan fingerprint density at radius 2 is 2.00 bits per heavy atom. The van der Waals surface area contributed by atoms with Crippen LogP contribution in [0.1, 0.15) is 28.6 Å². The summed E-state index contributed by atoms with van der Waals surface area (Å²) in [4.78, 5) is 36.7. The van der Waals surface area contributed by atoms with Crippen LogP contribution in [0.4, 0.5) is 0 Å². The highest BCUT2D eigenvalue weighted by atomic mass is 79.9. The van der Waals surface area contributed by atoms with Gasteiger partial charge in [-0.1, -0.05) is 12.1 Å². The molecule has 4 heterocycles. The number of hydrogen-bond acceptors (Lipinski definition) is 7. The molecule has 4 aromatic rings. The number of benzene rings is 1. The van der Waals surface area contributed by atoms with Gasteiger partial charge in [-0.3, -0.25) is 19.0 Å². The Kier molecular flexibility index (Phi) is 5.97. The summed E-state index contributed by atoms with van der Waals surface area (Å²) in [7, 11) is 1.40. The van der Waals surface area contributed by atoms with Crippen LogP contribution < -0.4 is 4.74 Å². The second-order valence-corrected chi connectivity index (χ2v) is 9.17. The molecule has 0 bridgehead atoms. The van der Waals surface area contributed by atoms with Crippen molar-refractivity contribution in [3.05, 3.63) is 93.6 Å². The number of aliphatic hydroxyl groups excluding tert-OH is 1. The van der Waals surface area contributed by atoms with Crippen LogP contribution in [0.2, 0.25) is 0 Å². The molecule has 2 N–H and O–H groups in total. The first-order valence-corrected chi connectivity index (χ1v) is 11.8. The number of phenols is 1. The van der Waals surface area contributed by atoms with Gasteiger partial charge in [-0.15, -0.1) is 0 Å². The third kappa shape index (κ3) is 3.79. The van der Waals surface area contributed by atoms with Gasteiger partial charge in [0, 0.05) is 25.1 Å². The van der Waals surface area contributed by atoms with Crippen LogP contribution in [0.5, 0.6) is 11.5 Å². The third-order valence-electron chi connectivity index (χ3n) is 6.13. The van der Waals surface area contributed by atoms with Gasteiger partial charge in [0.1, 0.15) is 11.3 Å². The van der Waals surface area contributed by atoms with Gasteiger partial charge < -0.3 is 19.8 Å². The summed E-state index contributed by atoms with van der Waals surface area (Å²) in [6.07, 6.45) is 4.95. The number of halogens is 1. The maximum Gasteiger partial charge on any atom is 0.295 e. The molecule has 5 rings (SSSR count). The van der Waals surface area contributed by atoms with Crippen molar-refractivity contribution in [1.82, 2.24) is 19.3 Å². The number of amides is 1. The van der Waals surface area contributed by atoms with Crippen LogP contribution in [0.3, 0.4) is 0 Å². The van der Waals surface area contributed by atoms with E-state index in [0.29, 0.717) is 32.6 Å². The van der Waals surface area contributed by atoms with Gasteiger partial charge in [0.05, 0.1) is 28.9 Å². The van der Waals surface area contributed by atoms with E-state index in [1.165, 1.54) is 12.0 Å². The SMILES string of the molecule is COc1cc(C2C(=C(O)c3c(C)nc4ccccn34)C(=O)C(=O)N2Cc2cccnc2)cc(Br)c1O. The van der Waals surface area contributed by atoms with E-state index in [1.807, 2.05) is 6.07 Å². The molecule has 1 aromatic carbocycles. The number of aryl methyl sites for hydroxylation is 1. The maximum absolute atomic E-state index is 13.4. The zero-order valence-electron chi connectivity index (χ0n) is 19.3. The van der Waals surface area contributed by atoms with Gasteiger partial charge in [-0.25, -0.2) is 4.98 Å². The van der Waals surface area contributed by atoms with Crippen molar-refractivity contribution in [1.29, 1.82) is 0 Å². The van der Waals surface area contributed by atoms with Gasteiger partial charge in [-0.2, -0.15) is 0 Å². The summed E-state index contributed by atoms with van der Waals surface area (Å²) in [6.45, 7) is 1.80. The lowest BCUT2D eigenvalue weighted by Crippen LogP contribution is -2.29. The first-order chi connectivity index (χ1) is 17.3. The summed E-state index contributed by atoms with van der Waals surface area (Å²) in [5.41, 5.74) is 2.50. The maximum atomic E-state index is 13.4. The van der Waals surface area contributed by atoms with Crippen molar-refractivity contribution in [2.24, 2.45) is 0 Å². The normalized spacial score (nSPS) is 17.2. The van der Waals surface area contributed by atoms with E-state index in [2.05, 4.69) is 25.9 Å². The molecule has 1 aliphatic rings. The number of aliphatic hydroxyl groups is 1. The van der Waals surface area contributed by atoms with Crippen LogP contribution in [-0.4, -0.2) is 48.3 Å². The van der Waals surface area contributed by atoms with Crippen molar-refractivity contribution in [3.8, 4) is 11.5 Å². The molecule has 1 atom stereocenters. The highest BCUT2D eigenvalue weighted by Crippen LogP contribution is 2.45. The molecule has 3 aromatic heterocycles. The Labute approximate surface area is 214 Å². The van der Waals surface area contributed by atoms with Crippen molar-refractivity contribution in [2.45, 2.75) is 19.5 Å². The molecular formula is C26H21BrN4O5. The number of carbonyl (C=O) groups excluding carboxylic acids is 2. The average molecular weight is 549 g/mol. The number of carbonyl (C=O) groups is 2. The highest BCUT2D eigenvalue weighted by Gasteiger charge is 2.47. The van der Waals surface area contributed by atoms with Gasteiger partial charge in [0.15, 0.2) is 17.3 Å². The Morgan fingerprint density at radius 1 is 1.19 bits per heavy atom. The van der Waals surface area contributed by atoms with Crippen LogP contribution in [0.15, 0.2) is 71.1 Å². The molecule has 10 heteroatoms. The van der Waals surface area contributed by atoms with E-state index in [1.54, 1.807) is 66.3 Å². The summed E-state index contributed by atoms with van der Waals surface area (Å²) in [6, 6.07) is 11.1. The van der Waals surface area contributed by atoms with Crippen molar-refractivity contribution >= 4 is 39.0 Å². The molecule has 1 amide bonds. The number of likely N-dealkylation sites (tertiary alicyclic amines) is 1. The van der Waals surface area contributed by atoms with Crippen LogP contribution >= 0.6 is 15.9 Å². The molecule has 9 nitrogen and oxygen atoms in total. The fraction of sp³-hybridized carbons (Fsp3) is 0.154. The Balaban J connectivity index is 1.76. The molecule has 1 aliphatic heterocycles. The van der Waals surface area contributed by atoms with E-state index in [4.69, 9.17) is 4.74 Å². The predicted molar refractivity (Wildman–Crippen MR) is 134 cm³/mol. The molecule has 0 aliphatic carbocycles. The average Bonchev–Trinajstić information content (AvgIpc) is 3.34. The second kappa shape index (κ2) is 9.12. The van der Waals surface area contributed by atoms with Crippen LogP contribution in [-0.2, 0) is 16.1 Å². The van der Waals surface area contributed by atoms with Crippen molar-refractivity contribution in [2.75, 3.05) is 7.11 Å². The number of Topliss-reactive ketones (excluding diaryl/α,β-unsaturated/α-hetero) is 1. The molecule has 1 fully saturated rings. The second-order valence-electron chi connectivity index (χ2n) is 8.32. The Morgan fingerprint density at radius 3 is 2.72 bits per heavy atom. The summed E-state index contributed by atoms with van der Waals surface area (Å²) >= 11 is 3.32. The number of ketones is 1. The smallest absolute Gasteiger partial charge is 0.295 e. The number of pyridine rings is 2. The summed E-state index contributed by atoms with van der Waals surface area (Å²) in [5, 5.41) is 21.9. The Hall–Kier alpha value is -4.18. The molecule has 182 valence electrons. The topological polar surface area (TPSA) is 117 Å². The number of nitrogens with zero attached hydrogens (tertiary/aromatic N) is 4. The minimum absolute atomic E-state index is 0.0762. The monoisotopic (exact) mass is 548 g/mol. The largest absolute Gasteiger partial charge is 0.505 e. The zero-order valence-corrected chi connectivity index (χ0v) is 20.9. The number of phenolic OH excluding ortho intramolecular Hbond substituents is 1. The van der Waals surface area contributed by atoms with E-state index in [9.17, 15) is 19.8 Å². The van der Waals surface area contributed by atoms with Gasteiger partial charge in [-0.05, 0) is 64.3 Å². The summed E-state index contributed by atoms with van der Waals surface area (Å²) in [5.74, 6) is -1.90. The minimum atomic E-state index is -0.968. The predicted octanol–water partition coefficient (Wildman–Crippen LogP) is 4.14. The van der Waals surface area contributed by atoms with E-state index >= 15 is 0 Å². The molecule has 36 heavy (non-hydrogen) atoms. The number of fused-ring (bicyclic) bond motifs is 1. The van der Waals surface area contributed by atoms with Crippen molar-refractivity contribution in [3.63, 3.8) is 0 Å². The lowest BCUT2D eigenvalue weighted by molar-refractivity contribution is -0.140. The molecule has 0 saturated carbocycles. The molecule has 0 radical (unpaired) electrons. The fourth-order valence-electron chi connectivity index (χ4n) is 4.51. The van der Waals surface area contributed by atoms with Gasteiger partial charge in [0.25, 0.3) is 11.7 Å². The van der Waals surface area contributed by atoms with E-state index < -0.39 is 17.7 Å². The van der Waals surface area contributed by atoms with Crippen LogP contribution in [0.25, 0.3) is 11.4 Å². The third-order valence-corrected chi connectivity index (χ3v) is 6.74. The number of ether oxygens (including phenoxy) is 1. The molecular weight excluding hydrogens is 528 g/mol. The Bertz CT molecular complexity index is 1550. The molecule has 1 saturated heterocycles. The zero-order chi connectivity index (χ0) is 25.6. The first kappa shape index (κ1) is 23.6. The molecule has 1 unspecified atom stereocenters. The first-order valence-electron chi connectivity index (χ1n) is 11.0. The summed E-state index contributed by atoms with van der Waals surface area (Å²) < 4.78 is 7.29. The highest BCUT2D eigenvalue weighted by molar-refractivity contribution is 9.10. The quantitative estimate of drug-likeness (QED) is 0.218. The lowest BCUT2D eigenvalue weighted by Gasteiger charge is -2.26. The van der Waals surface area contributed by atoms with E-state index in [-0.39, 0.29) is 29.4 Å². The number of hydrogen-bond donors (Lipinski definition) is 2. The number of imidazole rings is 1. The molecule has 0 spiro atoms. The van der Waals surface area contributed by atoms with Gasteiger partial charge in [0.2, 0.25) is 0 Å². The minimum Gasteiger partial charge on any atom is -0.505 e. The van der Waals surface area contributed by atoms with Crippen LogP contribution in [0, 0.1) is 6.92 Å². The number of aromatic nitrogens is 3. The number of methoxy groups -OCH3 is 1. The number of rotatable bonds is 5. The number of aromatic hydroxyl groups is 1. The lowest BCUT2D eigenvalue weighted by atomic mass is 9.95.